The van der Waals surface area contributed by atoms with Crippen LogP contribution in [0.15, 0.2) is 6.07 Å². The lowest BCUT2D eigenvalue weighted by Crippen LogP contribution is -2.43. The Morgan fingerprint density at radius 1 is 1.62 bits per heavy atom. The molecule has 0 amide bonds. The minimum Gasteiger partial charge on any atom is -0.307 e. The van der Waals surface area contributed by atoms with E-state index < -0.39 is 0 Å². The summed E-state index contributed by atoms with van der Waals surface area (Å²) in [5.41, 5.74) is 1.78. The predicted molar refractivity (Wildman–Crippen MR) is 58.4 cm³/mol. The number of fused-ring (bicyclic) bond motifs is 1. The van der Waals surface area contributed by atoms with Crippen molar-refractivity contribution in [2.45, 2.75) is 39.2 Å². The Labute approximate surface area is 84.2 Å². The molecule has 1 N–H and O–H groups in total. The van der Waals surface area contributed by atoms with Crippen LogP contribution in [0, 0.1) is 6.92 Å². The minimum atomic E-state index is 0.234. The maximum absolute atomic E-state index is 3.62. The molecule has 0 aromatic carbocycles. The van der Waals surface area contributed by atoms with Crippen LogP contribution < -0.4 is 5.32 Å². The highest BCUT2D eigenvalue weighted by Gasteiger charge is 2.30. The van der Waals surface area contributed by atoms with Gasteiger partial charge in [-0.1, -0.05) is 6.92 Å². The van der Waals surface area contributed by atoms with E-state index in [2.05, 4.69) is 32.2 Å². The lowest BCUT2D eigenvalue weighted by molar-refractivity contribution is 0.338. The smallest absolute Gasteiger partial charge is 0.0414 e. The molecule has 1 atom stereocenters. The molecule has 0 fully saturated rings. The van der Waals surface area contributed by atoms with Crippen molar-refractivity contribution >= 4 is 11.3 Å². The Bertz CT molecular complexity index is 316. The number of nitrogens with one attached hydrogen (secondary N) is 1. The lowest BCUT2D eigenvalue weighted by Gasteiger charge is -2.34. The first kappa shape index (κ1) is 9.22. The monoisotopic (exact) mass is 195 g/mol. The molecule has 0 aliphatic carbocycles. The molecule has 0 saturated heterocycles. The Kier molecular flexibility index (Phi) is 2.20. The maximum Gasteiger partial charge on any atom is 0.0414 e. The zero-order valence-corrected chi connectivity index (χ0v) is 9.42. The van der Waals surface area contributed by atoms with Gasteiger partial charge in [0.15, 0.2) is 0 Å². The largest absolute Gasteiger partial charge is 0.307 e. The van der Waals surface area contributed by atoms with Crippen LogP contribution in [0.4, 0.5) is 0 Å². The zero-order chi connectivity index (χ0) is 9.47. The number of hydrogen-bond acceptors (Lipinski definition) is 2. The van der Waals surface area contributed by atoms with E-state index in [9.17, 15) is 0 Å². The molecule has 0 saturated carbocycles. The molecule has 0 radical (unpaired) electrons. The Morgan fingerprint density at radius 3 is 3.08 bits per heavy atom. The number of thiophene rings is 1. The van der Waals surface area contributed by atoms with E-state index in [1.807, 2.05) is 11.3 Å². The summed E-state index contributed by atoms with van der Waals surface area (Å²) in [6.45, 7) is 7.92. The molecule has 1 aromatic heterocycles. The van der Waals surface area contributed by atoms with E-state index in [1.165, 1.54) is 17.7 Å². The first-order chi connectivity index (χ1) is 6.15. The molecule has 1 aliphatic rings. The average molecular weight is 195 g/mol. The third kappa shape index (κ3) is 1.42. The highest BCUT2D eigenvalue weighted by molar-refractivity contribution is 7.12. The van der Waals surface area contributed by atoms with Gasteiger partial charge >= 0.3 is 0 Å². The second-order valence-electron chi connectivity index (χ2n) is 4.06. The SMILES string of the molecule is CCC1(C)NCCc2sc(C)cc21. The van der Waals surface area contributed by atoms with E-state index in [-0.39, 0.29) is 5.54 Å². The van der Waals surface area contributed by atoms with Gasteiger partial charge in [-0.15, -0.1) is 11.3 Å². The third-order valence-electron chi connectivity index (χ3n) is 3.10. The number of hydrogen-bond donors (Lipinski definition) is 1. The van der Waals surface area contributed by atoms with E-state index >= 15 is 0 Å². The topological polar surface area (TPSA) is 12.0 Å². The standard InChI is InChI=1S/C11H17NS/c1-4-11(3)9-7-8(2)13-10(9)5-6-12-11/h7,12H,4-6H2,1-3H3. The van der Waals surface area contributed by atoms with Gasteiger partial charge in [0, 0.05) is 21.8 Å². The molecule has 2 rings (SSSR count). The fraction of sp³-hybridized carbons (Fsp3) is 0.636. The summed E-state index contributed by atoms with van der Waals surface area (Å²) in [6.07, 6.45) is 2.39. The molecule has 1 aromatic rings. The van der Waals surface area contributed by atoms with Gasteiger partial charge in [-0.3, -0.25) is 0 Å². The van der Waals surface area contributed by atoms with Gasteiger partial charge in [0.25, 0.3) is 0 Å². The van der Waals surface area contributed by atoms with Gasteiger partial charge in [-0.05, 0) is 38.3 Å². The summed E-state index contributed by atoms with van der Waals surface area (Å²) in [6, 6.07) is 2.36. The van der Waals surface area contributed by atoms with Crippen LogP contribution in [0.5, 0.6) is 0 Å². The molecule has 1 unspecified atom stereocenters. The average Bonchev–Trinajstić information content (AvgIpc) is 2.48. The molecule has 1 aliphatic heterocycles. The normalized spacial score (nSPS) is 27.3. The van der Waals surface area contributed by atoms with E-state index in [0.717, 1.165) is 6.54 Å². The van der Waals surface area contributed by atoms with Crippen LogP contribution in [0.3, 0.4) is 0 Å². The highest BCUT2D eigenvalue weighted by atomic mass is 32.1. The van der Waals surface area contributed by atoms with Crippen molar-refractivity contribution in [3.05, 3.63) is 21.4 Å². The Hall–Kier alpha value is -0.340. The van der Waals surface area contributed by atoms with Crippen LogP contribution in [-0.2, 0) is 12.0 Å². The van der Waals surface area contributed by atoms with Crippen molar-refractivity contribution in [2.75, 3.05) is 6.54 Å². The first-order valence-electron chi connectivity index (χ1n) is 5.00. The third-order valence-corrected chi connectivity index (χ3v) is 4.21. The van der Waals surface area contributed by atoms with Gasteiger partial charge in [0.1, 0.15) is 0 Å². The van der Waals surface area contributed by atoms with Crippen molar-refractivity contribution < 1.29 is 0 Å². The van der Waals surface area contributed by atoms with Crippen LogP contribution in [0.25, 0.3) is 0 Å². The summed E-state index contributed by atoms with van der Waals surface area (Å²) < 4.78 is 0. The van der Waals surface area contributed by atoms with Gasteiger partial charge < -0.3 is 5.32 Å². The van der Waals surface area contributed by atoms with Crippen molar-refractivity contribution in [3.8, 4) is 0 Å². The van der Waals surface area contributed by atoms with Gasteiger partial charge in [-0.2, -0.15) is 0 Å². The first-order valence-corrected chi connectivity index (χ1v) is 5.82. The number of rotatable bonds is 1. The molecule has 0 bridgehead atoms. The second-order valence-corrected chi connectivity index (χ2v) is 5.40. The zero-order valence-electron chi connectivity index (χ0n) is 8.61. The fourth-order valence-electron chi connectivity index (χ4n) is 2.08. The molecule has 13 heavy (non-hydrogen) atoms. The fourth-order valence-corrected chi connectivity index (χ4v) is 3.24. The highest BCUT2D eigenvalue weighted by Crippen LogP contribution is 2.36. The summed E-state index contributed by atoms with van der Waals surface area (Å²) in [7, 11) is 0. The lowest BCUT2D eigenvalue weighted by atomic mass is 9.86. The van der Waals surface area contributed by atoms with Crippen LogP contribution in [0.2, 0.25) is 0 Å². The van der Waals surface area contributed by atoms with E-state index in [0.29, 0.717) is 0 Å². The quantitative estimate of drug-likeness (QED) is 0.726. The van der Waals surface area contributed by atoms with Crippen LogP contribution in [0.1, 0.15) is 35.6 Å². The van der Waals surface area contributed by atoms with Crippen LogP contribution >= 0.6 is 11.3 Å². The minimum absolute atomic E-state index is 0.234. The van der Waals surface area contributed by atoms with E-state index in [4.69, 9.17) is 0 Å². The van der Waals surface area contributed by atoms with Crippen molar-refractivity contribution in [1.82, 2.24) is 5.32 Å². The van der Waals surface area contributed by atoms with E-state index in [1.54, 1.807) is 10.4 Å². The molecular weight excluding hydrogens is 178 g/mol. The summed E-state index contributed by atoms with van der Waals surface area (Å²) in [5, 5.41) is 3.62. The second kappa shape index (κ2) is 3.10. The maximum atomic E-state index is 3.62. The van der Waals surface area contributed by atoms with Gasteiger partial charge in [-0.25, -0.2) is 0 Å². The molecule has 1 nitrogen and oxygen atoms in total. The molecule has 2 heteroatoms. The molecule has 72 valence electrons. The summed E-state index contributed by atoms with van der Waals surface area (Å²) >= 11 is 1.97. The van der Waals surface area contributed by atoms with Crippen LogP contribution in [-0.4, -0.2) is 6.54 Å². The molecule has 0 spiro atoms. The molecule has 2 heterocycles. The Balaban J connectivity index is 2.47. The van der Waals surface area contributed by atoms with Crippen molar-refractivity contribution in [3.63, 3.8) is 0 Å². The van der Waals surface area contributed by atoms with Gasteiger partial charge in [0.2, 0.25) is 0 Å². The predicted octanol–water partition coefficient (Wildman–Crippen LogP) is 2.83. The Morgan fingerprint density at radius 2 is 2.38 bits per heavy atom. The number of aryl methyl sites for hydroxylation is 1. The van der Waals surface area contributed by atoms with Crippen molar-refractivity contribution in [1.29, 1.82) is 0 Å². The summed E-state index contributed by atoms with van der Waals surface area (Å²) in [4.78, 5) is 3.05. The van der Waals surface area contributed by atoms with Gasteiger partial charge in [0.05, 0.1) is 0 Å². The van der Waals surface area contributed by atoms with Crippen molar-refractivity contribution in [2.24, 2.45) is 0 Å². The summed E-state index contributed by atoms with van der Waals surface area (Å²) in [5.74, 6) is 0. The molecular formula is C11H17NS.